The number of nitrogens with two attached hydrogens (primary N) is 1. The lowest BCUT2D eigenvalue weighted by Gasteiger charge is -2.14. The quantitative estimate of drug-likeness (QED) is 0.628. The summed E-state index contributed by atoms with van der Waals surface area (Å²) in [6, 6.07) is 9.98. The topological polar surface area (TPSA) is 90.9 Å². The fourth-order valence-electron chi connectivity index (χ4n) is 2.11. The number of halogens is 3. The highest BCUT2D eigenvalue weighted by molar-refractivity contribution is 9.10. The lowest BCUT2D eigenvalue weighted by Crippen LogP contribution is -2.18. The molecule has 3 N–H and O–H groups in total. The third-order valence-corrected chi connectivity index (χ3v) is 4.22. The molecular weight excluding hydrogens is 415 g/mol. The summed E-state index contributed by atoms with van der Waals surface area (Å²) in [5.41, 5.74) is 9.66. The molecule has 0 bridgehead atoms. The summed E-state index contributed by atoms with van der Waals surface area (Å²) in [6.07, 6.45) is 0. The summed E-state index contributed by atoms with van der Waals surface area (Å²) >= 11 is 9.44. The van der Waals surface area contributed by atoms with Crippen LogP contribution >= 0.6 is 27.5 Å². The van der Waals surface area contributed by atoms with Gasteiger partial charge in [-0.1, -0.05) is 38.7 Å². The molecule has 0 aliphatic heterocycles. The Balaban J connectivity index is 1.76. The van der Waals surface area contributed by atoms with E-state index >= 15 is 0 Å². The Bertz CT molecular complexity index is 870. The number of hydrogen-bond donors (Lipinski definition) is 2. The van der Waals surface area contributed by atoms with Crippen molar-refractivity contribution in [2.45, 2.75) is 13.2 Å². The van der Waals surface area contributed by atoms with Gasteiger partial charge in [-0.2, -0.15) is 0 Å². The number of nitrogen functional groups attached to an aromatic ring is 1. The van der Waals surface area contributed by atoms with Crippen LogP contribution < -0.4 is 15.9 Å². The summed E-state index contributed by atoms with van der Waals surface area (Å²) in [6.45, 7) is 0.349. The minimum absolute atomic E-state index is 0.00710. The van der Waals surface area contributed by atoms with Crippen LogP contribution in [0.1, 0.15) is 11.1 Å². The number of nitrogens with zero attached hydrogens (tertiary/aromatic N) is 4. The Kier molecular flexibility index (Phi) is 5.34. The normalized spacial score (nSPS) is 10.7. The molecule has 0 aliphatic carbocycles. The number of nitrogens with one attached hydrogen (secondary N) is 1. The molecule has 7 nitrogen and oxygen atoms in total. The number of ether oxygens (including phenoxy) is 1. The number of benzene rings is 2. The third kappa shape index (κ3) is 4.18. The summed E-state index contributed by atoms with van der Waals surface area (Å²) < 4.78 is 20.5. The first-order valence-electron chi connectivity index (χ1n) is 7.16. The summed E-state index contributed by atoms with van der Waals surface area (Å²) in [5, 5.41) is 11.0. The molecule has 1 aromatic heterocycles. The van der Waals surface area contributed by atoms with E-state index in [0.29, 0.717) is 22.9 Å². The molecule has 0 aliphatic rings. The van der Waals surface area contributed by atoms with E-state index in [2.05, 4.69) is 36.9 Å². The second-order valence-electron chi connectivity index (χ2n) is 5.02. The Morgan fingerprint density at radius 2 is 2.16 bits per heavy atom. The van der Waals surface area contributed by atoms with Crippen molar-refractivity contribution in [3.8, 4) is 5.75 Å². The van der Waals surface area contributed by atoms with E-state index in [0.717, 1.165) is 10.0 Å². The lowest BCUT2D eigenvalue weighted by molar-refractivity contribution is 0.297. The van der Waals surface area contributed by atoms with Crippen LogP contribution in [0.25, 0.3) is 0 Å². The van der Waals surface area contributed by atoms with Gasteiger partial charge in [-0.15, -0.1) is 4.79 Å². The standard InChI is InChI=1S/C15H13BrClFN6O/c16-10-4-5-14(25-8-11-12(17)2-1-3-13(11)18)9(6-10)7-20-24-15(19)21-22-23-24/h1-6,20H,7-8H2,(H2,19,21,23). The van der Waals surface area contributed by atoms with Crippen LogP contribution in [-0.4, -0.2) is 20.3 Å². The van der Waals surface area contributed by atoms with E-state index in [1.807, 2.05) is 12.1 Å². The maximum Gasteiger partial charge on any atom is 0.260 e. The smallest absolute Gasteiger partial charge is 0.260 e. The second kappa shape index (κ2) is 7.66. The Hall–Kier alpha value is -2.39. The molecule has 0 amide bonds. The Morgan fingerprint density at radius 3 is 2.88 bits per heavy atom. The molecule has 25 heavy (non-hydrogen) atoms. The van der Waals surface area contributed by atoms with Crippen LogP contribution in [0.2, 0.25) is 5.02 Å². The fraction of sp³-hybridized carbons (Fsp3) is 0.133. The van der Waals surface area contributed by atoms with Gasteiger partial charge in [-0.25, -0.2) is 4.39 Å². The van der Waals surface area contributed by atoms with Crippen molar-refractivity contribution in [1.29, 1.82) is 0 Å². The average molecular weight is 428 g/mol. The highest BCUT2D eigenvalue weighted by Gasteiger charge is 2.11. The molecule has 0 spiro atoms. The highest BCUT2D eigenvalue weighted by atomic mass is 79.9. The van der Waals surface area contributed by atoms with Gasteiger partial charge in [0, 0.05) is 15.6 Å². The molecule has 0 saturated heterocycles. The molecule has 3 aromatic rings. The van der Waals surface area contributed by atoms with E-state index < -0.39 is 5.82 Å². The third-order valence-electron chi connectivity index (χ3n) is 3.37. The van der Waals surface area contributed by atoms with Gasteiger partial charge < -0.3 is 15.9 Å². The lowest BCUT2D eigenvalue weighted by atomic mass is 10.2. The van der Waals surface area contributed by atoms with E-state index in [1.165, 1.54) is 10.9 Å². The van der Waals surface area contributed by atoms with E-state index in [1.54, 1.807) is 18.2 Å². The van der Waals surface area contributed by atoms with Crippen molar-refractivity contribution in [2.75, 3.05) is 11.2 Å². The van der Waals surface area contributed by atoms with Crippen LogP contribution in [-0.2, 0) is 13.2 Å². The first kappa shape index (κ1) is 17.4. The van der Waals surface area contributed by atoms with Crippen molar-refractivity contribution in [2.24, 2.45) is 0 Å². The zero-order chi connectivity index (χ0) is 17.8. The van der Waals surface area contributed by atoms with Gasteiger partial charge >= 0.3 is 0 Å². The molecule has 0 unspecified atom stereocenters. The fourth-order valence-corrected chi connectivity index (χ4v) is 2.74. The zero-order valence-electron chi connectivity index (χ0n) is 12.8. The number of anilines is 1. The molecule has 0 atom stereocenters. The number of aromatic nitrogens is 4. The molecule has 0 fully saturated rings. The first-order chi connectivity index (χ1) is 12.0. The van der Waals surface area contributed by atoms with Crippen molar-refractivity contribution in [3.05, 3.63) is 62.8 Å². The Labute approximate surface area is 156 Å². The monoisotopic (exact) mass is 426 g/mol. The molecule has 130 valence electrons. The molecule has 10 heteroatoms. The highest BCUT2D eigenvalue weighted by Crippen LogP contribution is 2.26. The van der Waals surface area contributed by atoms with Gasteiger partial charge in [0.15, 0.2) is 0 Å². The van der Waals surface area contributed by atoms with Crippen LogP contribution in [0.5, 0.6) is 5.75 Å². The predicted molar refractivity (Wildman–Crippen MR) is 95.2 cm³/mol. The van der Waals surface area contributed by atoms with Gasteiger partial charge in [-0.05, 0) is 40.8 Å². The summed E-state index contributed by atoms with van der Waals surface area (Å²) in [5.74, 6) is 0.294. The van der Waals surface area contributed by atoms with E-state index in [-0.39, 0.29) is 12.6 Å². The minimum atomic E-state index is -0.411. The van der Waals surface area contributed by atoms with E-state index in [9.17, 15) is 4.39 Å². The maximum absolute atomic E-state index is 13.9. The number of rotatable bonds is 6. The zero-order valence-corrected chi connectivity index (χ0v) is 15.1. The molecule has 1 heterocycles. The largest absolute Gasteiger partial charge is 0.488 e. The van der Waals surface area contributed by atoms with Gasteiger partial charge in [0.05, 0.1) is 11.6 Å². The molecule has 0 saturated carbocycles. The second-order valence-corrected chi connectivity index (χ2v) is 6.35. The van der Waals surface area contributed by atoms with Crippen molar-refractivity contribution in [3.63, 3.8) is 0 Å². The molecule has 0 radical (unpaired) electrons. The van der Waals surface area contributed by atoms with Crippen LogP contribution in [0.3, 0.4) is 0 Å². The molecule has 2 aromatic carbocycles. The number of hydrogen-bond acceptors (Lipinski definition) is 6. The number of tetrazole rings is 1. The molecule has 3 rings (SSSR count). The van der Waals surface area contributed by atoms with Crippen LogP contribution in [0.4, 0.5) is 10.3 Å². The van der Waals surface area contributed by atoms with Crippen LogP contribution in [0, 0.1) is 5.82 Å². The summed E-state index contributed by atoms with van der Waals surface area (Å²) in [7, 11) is 0. The average Bonchev–Trinajstić information content (AvgIpc) is 2.99. The first-order valence-corrected chi connectivity index (χ1v) is 8.33. The predicted octanol–water partition coefficient (Wildman–Crippen LogP) is 3.13. The van der Waals surface area contributed by atoms with Gasteiger partial charge in [-0.3, -0.25) is 0 Å². The van der Waals surface area contributed by atoms with Gasteiger partial charge in [0.25, 0.3) is 5.95 Å². The van der Waals surface area contributed by atoms with Gasteiger partial charge in [0.1, 0.15) is 18.2 Å². The van der Waals surface area contributed by atoms with Crippen molar-refractivity contribution < 1.29 is 9.13 Å². The van der Waals surface area contributed by atoms with Crippen LogP contribution in [0.15, 0.2) is 40.9 Å². The van der Waals surface area contributed by atoms with Crippen molar-refractivity contribution in [1.82, 2.24) is 20.3 Å². The molecular formula is C15H13BrClFN6O. The SMILES string of the molecule is Nc1nnnn1NCc1cc(Br)ccc1OCc1c(F)cccc1Cl. The van der Waals surface area contributed by atoms with E-state index in [4.69, 9.17) is 22.1 Å². The van der Waals surface area contributed by atoms with Gasteiger partial charge in [0.2, 0.25) is 0 Å². The minimum Gasteiger partial charge on any atom is -0.488 e. The Morgan fingerprint density at radius 1 is 1.32 bits per heavy atom. The summed E-state index contributed by atoms with van der Waals surface area (Å²) in [4.78, 5) is 1.25. The maximum atomic E-state index is 13.9. The van der Waals surface area contributed by atoms with Crippen molar-refractivity contribution >= 4 is 33.5 Å².